The van der Waals surface area contributed by atoms with Crippen molar-refractivity contribution in [2.24, 2.45) is 0 Å². The predicted octanol–water partition coefficient (Wildman–Crippen LogP) is 3.96. The molecule has 0 bridgehead atoms. The molecule has 0 unspecified atom stereocenters. The van der Waals surface area contributed by atoms with E-state index in [0.29, 0.717) is 0 Å². The van der Waals surface area contributed by atoms with E-state index in [-0.39, 0.29) is 0 Å². The third-order valence-corrected chi connectivity index (χ3v) is 5.91. The smallest absolute Gasteiger partial charge is 0.0128 e. The van der Waals surface area contributed by atoms with Crippen molar-refractivity contribution in [3.05, 3.63) is 92.3 Å². The van der Waals surface area contributed by atoms with Crippen molar-refractivity contribution in [1.82, 2.24) is 0 Å². The molecule has 4 rings (SSSR count). The van der Waals surface area contributed by atoms with Gasteiger partial charge in [-0.25, -0.2) is 0 Å². The summed E-state index contributed by atoms with van der Waals surface area (Å²) in [5.74, 6) is 0. The lowest BCUT2D eigenvalue weighted by Crippen LogP contribution is -2.05. The molecule has 0 atom stereocenters. The zero-order valence-electron chi connectivity index (χ0n) is 12.5. The summed E-state index contributed by atoms with van der Waals surface area (Å²) < 4.78 is 0. The van der Waals surface area contributed by atoms with Crippen LogP contribution in [-0.4, -0.2) is 8.41 Å². The molecule has 2 aromatic rings. The number of hydrogen-bond donors (Lipinski definition) is 0. The van der Waals surface area contributed by atoms with Gasteiger partial charge in [0.1, 0.15) is 0 Å². The number of fused-ring (bicyclic) bond motifs is 2. The van der Waals surface area contributed by atoms with Crippen LogP contribution in [0.2, 0.25) is 13.1 Å². The Morgan fingerprint density at radius 3 is 2.43 bits per heavy atom. The standard InChI is InChI=1S/C20H18Si/c1-21(2)15-11-12-17-16-9-5-6-10-18(16)20(19(17)13-15)14-7-3-4-8-14/h3-7,9-13H,8H2,1-2H3. The van der Waals surface area contributed by atoms with Gasteiger partial charge in [-0.15, -0.1) is 0 Å². The van der Waals surface area contributed by atoms with Crippen molar-refractivity contribution in [2.45, 2.75) is 19.5 Å². The Morgan fingerprint density at radius 1 is 0.905 bits per heavy atom. The van der Waals surface area contributed by atoms with Crippen LogP contribution in [0.3, 0.4) is 0 Å². The second-order valence-electron chi connectivity index (χ2n) is 6.01. The largest absolute Gasteiger partial charge is 0.0801 e. The molecule has 0 saturated heterocycles. The molecule has 0 aromatic heterocycles. The molecular formula is C20H18Si. The molecule has 1 heteroatoms. The topological polar surface area (TPSA) is 0 Å². The third-order valence-electron chi connectivity index (χ3n) is 4.45. The van der Waals surface area contributed by atoms with Crippen molar-refractivity contribution >= 4 is 14.0 Å². The maximum Gasteiger partial charge on any atom is 0.0128 e. The lowest BCUT2D eigenvalue weighted by molar-refractivity contribution is 1.33. The molecule has 0 aliphatic heterocycles. The summed E-state index contributed by atoms with van der Waals surface area (Å²) in [6.07, 6.45) is 7.77. The molecule has 0 heterocycles. The van der Waals surface area contributed by atoms with Crippen molar-refractivity contribution in [3.63, 3.8) is 0 Å². The minimum absolute atomic E-state index is 0.414. The average Bonchev–Trinajstić information content (AvgIpc) is 3.11. The van der Waals surface area contributed by atoms with Crippen LogP contribution in [0.25, 0.3) is 5.57 Å². The predicted molar refractivity (Wildman–Crippen MR) is 90.8 cm³/mol. The summed E-state index contributed by atoms with van der Waals surface area (Å²) >= 11 is 0. The first kappa shape index (κ1) is 12.7. The molecule has 0 amide bonds. The fourth-order valence-electron chi connectivity index (χ4n) is 3.36. The van der Waals surface area contributed by atoms with Crippen LogP contribution >= 0.6 is 0 Å². The first-order valence-electron chi connectivity index (χ1n) is 7.53. The van der Waals surface area contributed by atoms with Crippen molar-refractivity contribution in [3.8, 4) is 0 Å². The molecule has 0 nitrogen and oxygen atoms in total. The Bertz CT molecular complexity index is 1020. The van der Waals surface area contributed by atoms with Gasteiger partial charge in [0.05, 0.1) is 0 Å². The Morgan fingerprint density at radius 2 is 1.71 bits per heavy atom. The van der Waals surface area contributed by atoms with E-state index < -0.39 is 8.41 Å². The highest BCUT2D eigenvalue weighted by Crippen LogP contribution is 2.30. The van der Waals surface area contributed by atoms with Crippen molar-refractivity contribution in [1.29, 1.82) is 0 Å². The van der Waals surface area contributed by atoms with Gasteiger partial charge in [0, 0.05) is 8.41 Å². The van der Waals surface area contributed by atoms with E-state index in [4.69, 9.17) is 0 Å². The zero-order valence-corrected chi connectivity index (χ0v) is 13.5. The van der Waals surface area contributed by atoms with Crippen LogP contribution in [0.1, 0.15) is 12.0 Å². The van der Waals surface area contributed by atoms with Crippen LogP contribution in [0, 0.1) is 15.3 Å². The zero-order chi connectivity index (χ0) is 14.4. The van der Waals surface area contributed by atoms with Gasteiger partial charge in [-0.1, -0.05) is 73.8 Å². The van der Waals surface area contributed by atoms with Gasteiger partial charge < -0.3 is 0 Å². The quantitative estimate of drug-likeness (QED) is 0.696. The number of allylic oxidation sites excluding steroid dienone is 4. The molecule has 0 spiro atoms. The van der Waals surface area contributed by atoms with Crippen LogP contribution in [0.15, 0.2) is 66.3 Å². The Labute approximate surface area is 126 Å². The summed E-state index contributed by atoms with van der Waals surface area (Å²) in [5, 5.41) is 4.20. The molecular weight excluding hydrogens is 268 g/mol. The first-order valence-corrected chi connectivity index (χ1v) is 10.0. The molecule has 21 heavy (non-hydrogen) atoms. The van der Waals surface area contributed by atoms with Gasteiger partial charge in [0.2, 0.25) is 0 Å². The van der Waals surface area contributed by atoms with Crippen LogP contribution in [0.5, 0.6) is 0 Å². The van der Waals surface area contributed by atoms with Gasteiger partial charge in [-0.05, 0) is 43.6 Å². The molecule has 0 fully saturated rings. The van der Waals surface area contributed by atoms with Crippen molar-refractivity contribution < 1.29 is 0 Å². The summed E-state index contributed by atoms with van der Waals surface area (Å²) in [4.78, 5) is 1.52. The summed E-state index contributed by atoms with van der Waals surface area (Å²) in [6, 6.07) is 15.9. The van der Waals surface area contributed by atoms with E-state index in [0.717, 1.165) is 6.42 Å². The second-order valence-corrected chi connectivity index (χ2v) is 8.58. The molecule has 2 aliphatic carbocycles. The van der Waals surface area contributed by atoms with Gasteiger partial charge in [0.25, 0.3) is 0 Å². The van der Waals surface area contributed by atoms with Crippen LogP contribution in [-0.2, 0) is 0 Å². The fraction of sp³-hybridized carbons (Fsp3) is 0.150. The fourth-order valence-corrected chi connectivity index (χ4v) is 4.21. The highest BCUT2D eigenvalue weighted by molar-refractivity contribution is 6.47. The Hall–Kier alpha value is -1.99. The molecule has 0 saturated carbocycles. The van der Waals surface area contributed by atoms with Gasteiger partial charge >= 0.3 is 0 Å². The van der Waals surface area contributed by atoms with E-state index >= 15 is 0 Å². The summed E-state index contributed by atoms with van der Waals surface area (Å²) in [6.45, 7) is 4.73. The second kappa shape index (κ2) is 4.78. The molecule has 102 valence electrons. The maximum atomic E-state index is 2.44. The van der Waals surface area contributed by atoms with E-state index in [1.807, 2.05) is 0 Å². The van der Waals surface area contributed by atoms with Gasteiger partial charge in [-0.2, -0.15) is 0 Å². The highest BCUT2D eigenvalue weighted by atomic mass is 28.2. The van der Waals surface area contributed by atoms with E-state index in [2.05, 4.69) is 73.8 Å². The van der Waals surface area contributed by atoms with E-state index in [1.54, 1.807) is 0 Å². The van der Waals surface area contributed by atoms with E-state index in [9.17, 15) is 0 Å². The molecule has 2 aromatic carbocycles. The first-order chi connectivity index (χ1) is 10.3. The number of hydrogen-bond acceptors (Lipinski definition) is 0. The van der Waals surface area contributed by atoms with Gasteiger partial charge in [-0.3, -0.25) is 0 Å². The Kier molecular flexibility index (Phi) is 2.90. The van der Waals surface area contributed by atoms with E-state index in [1.165, 1.54) is 37.2 Å². The average molecular weight is 286 g/mol. The summed E-state index contributed by atoms with van der Waals surface area (Å²) in [5.41, 5.74) is 4.35. The maximum absolute atomic E-state index is 2.44. The molecule has 2 aliphatic rings. The van der Waals surface area contributed by atoms with Crippen molar-refractivity contribution in [2.75, 3.05) is 0 Å². The highest BCUT2D eigenvalue weighted by Gasteiger charge is 2.16. The minimum atomic E-state index is -0.414. The summed E-state index contributed by atoms with van der Waals surface area (Å²) in [7, 11) is -0.414. The Balaban J connectivity index is 2.17. The van der Waals surface area contributed by atoms with Crippen LogP contribution < -0.4 is 5.22 Å². The minimum Gasteiger partial charge on any atom is -0.0801 e. The lowest BCUT2D eigenvalue weighted by atomic mass is 9.97. The normalized spacial score (nSPS) is 15.0. The monoisotopic (exact) mass is 286 g/mol. The number of rotatable bonds is 1. The van der Waals surface area contributed by atoms with Crippen LogP contribution in [0.4, 0.5) is 0 Å². The lowest BCUT2D eigenvalue weighted by Gasteiger charge is -2.07. The molecule has 0 N–H and O–H groups in total. The van der Waals surface area contributed by atoms with Gasteiger partial charge in [0.15, 0.2) is 0 Å². The number of benzene rings is 2. The third kappa shape index (κ3) is 1.92. The SMILES string of the molecule is C[Si](C)=c1ccc2c(c1)C(C1=CC=CC1)=c1ccccc1=2. The molecule has 0 radical (unpaired) electrons.